The molecule has 136 valence electrons. The Morgan fingerprint density at radius 1 is 1.15 bits per heavy atom. The summed E-state index contributed by atoms with van der Waals surface area (Å²) in [7, 11) is 3.28. The lowest BCUT2D eigenvalue weighted by Gasteiger charge is -2.25. The summed E-state index contributed by atoms with van der Waals surface area (Å²) in [5, 5.41) is 0. The topological polar surface area (TPSA) is 38.8 Å². The van der Waals surface area contributed by atoms with Gasteiger partial charge in [-0.3, -0.25) is 4.79 Å². The van der Waals surface area contributed by atoms with Crippen LogP contribution in [-0.2, 0) is 4.79 Å². The smallest absolute Gasteiger partial charge is 0.247 e. The molecule has 0 spiro atoms. The van der Waals surface area contributed by atoms with Gasteiger partial charge >= 0.3 is 0 Å². The van der Waals surface area contributed by atoms with Crippen molar-refractivity contribution in [2.45, 2.75) is 25.8 Å². The van der Waals surface area contributed by atoms with Crippen molar-refractivity contribution in [1.82, 2.24) is 4.90 Å². The number of benzene rings is 2. The fraction of sp³-hybridized carbons (Fsp3) is 0.318. The molecule has 2 aromatic rings. The molecular formula is C22H25NO3. The molecular weight excluding hydrogens is 326 g/mol. The van der Waals surface area contributed by atoms with E-state index in [0.717, 1.165) is 42.0 Å². The summed E-state index contributed by atoms with van der Waals surface area (Å²) in [4.78, 5) is 14.7. The van der Waals surface area contributed by atoms with E-state index in [1.54, 1.807) is 20.3 Å². The molecule has 1 atom stereocenters. The molecule has 0 N–H and O–H groups in total. The number of carbonyl (C=O) groups is 1. The van der Waals surface area contributed by atoms with Gasteiger partial charge in [0.2, 0.25) is 5.91 Å². The Kier molecular flexibility index (Phi) is 5.61. The Morgan fingerprint density at radius 3 is 2.73 bits per heavy atom. The van der Waals surface area contributed by atoms with Crippen LogP contribution in [0.5, 0.6) is 11.5 Å². The summed E-state index contributed by atoms with van der Waals surface area (Å²) in [5.74, 6) is 1.55. The van der Waals surface area contributed by atoms with Gasteiger partial charge in [-0.05, 0) is 43.5 Å². The van der Waals surface area contributed by atoms with Crippen molar-refractivity contribution < 1.29 is 14.3 Å². The van der Waals surface area contributed by atoms with Gasteiger partial charge in [0, 0.05) is 24.3 Å². The highest BCUT2D eigenvalue weighted by molar-refractivity contribution is 5.92. The van der Waals surface area contributed by atoms with Crippen molar-refractivity contribution in [2.75, 3.05) is 20.8 Å². The first-order valence-corrected chi connectivity index (χ1v) is 8.89. The molecule has 1 saturated heterocycles. The molecule has 0 saturated carbocycles. The SMILES string of the molecule is COc1ccc([C@H]2CCCN2C(=O)/C=C/c2cccc(C)c2)c(OC)c1. The Labute approximate surface area is 155 Å². The van der Waals surface area contributed by atoms with Gasteiger partial charge in [0.15, 0.2) is 0 Å². The van der Waals surface area contributed by atoms with Crippen LogP contribution in [0.15, 0.2) is 48.5 Å². The minimum Gasteiger partial charge on any atom is -0.497 e. The molecule has 26 heavy (non-hydrogen) atoms. The molecule has 0 aliphatic carbocycles. The third-order valence-corrected chi connectivity index (χ3v) is 4.80. The Balaban J connectivity index is 1.80. The monoisotopic (exact) mass is 351 g/mol. The predicted molar refractivity (Wildman–Crippen MR) is 103 cm³/mol. The van der Waals surface area contributed by atoms with E-state index in [1.807, 2.05) is 54.3 Å². The van der Waals surface area contributed by atoms with E-state index in [4.69, 9.17) is 9.47 Å². The Morgan fingerprint density at radius 2 is 2.00 bits per heavy atom. The van der Waals surface area contributed by atoms with Gasteiger partial charge in [0.25, 0.3) is 0 Å². The number of hydrogen-bond donors (Lipinski definition) is 0. The zero-order valence-electron chi connectivity index (χ0n) is 15.6. The maximum Gasteiger partial charge on any atom is 0.247 e. The van der Waals surface area contributed by atoms with Crippen LogP contribution in [0.25, 0.3) is 6.08 Å². The lowest BCUT2D eigenvalue weighted by Crippen LogP contribution is -2.29. The first kappa shape index (κ1) is 18.1. The number of hydrogen-bond acceptors (Lipinski definition) is 3. The van der Waals surface area contributed by atoms with Crippen molar-refractivity contribution in [3.63, 3.8) is 0 Å². The van der Waals surface area contributed by atoms with Gasteiger partial charge in [-0.2, -0.15) is 0 Å². The first-order chi connectivity index (χ1) is 12.6. The first-order valence-electron chi connectivity index (χ1n) is 8.89. The summed E-state index contributed by atoms with van der Waals surface area (Å²) >= 11 is 0. The Bertz CT molecular complexity index is 813. The molecule has 0 radical (unpaired) electrons. The van der Waals surface area contributed by atoms with E-state index in [1.165, 1.54) is 5.56 Å². The second-order valence-electron chi connectivity index (χ2n) is 6.55. The molecule has 1 aliphatic heterocycles. The second-order valence-corrected chi connectivity index (χ2v) is 6.55. The van der Waals surface area contributed by atoms with Gasteiger partial charge in [-0.1, -0.05) is 29.8 Å². The van der Waals surface area contributed by atoms with Crippen LogP contribution in [0.4, 0.5) is 0 Å². The molecule has 1 aliphatic rings. The van der Waals surface area contributed by atoms with E-state index < -0.39 is 0 Å². The molecule has 3 rings (SSSR count). The Hall–Kier alpha value is -2.75. The maximum absolute atomic E-state index is 12.8. The van der Waals surface area contributed by atoms with Crippen molar-refractivity contribution in [2.24, 2.45) is 0 Å². The molecule has 0 bridgehead atoms. The largest absolute Gasteiger partial charge is 0.497 e. The third kappa shape index (κ3) is 3.90. The fourth-order valence-corrected chi connectivity index (χ4v) is 3.48. The van der Waals surface area contributed by atoms with E-state index >= 15 is 0 Å². The van der Waals surface area contributed by atoms with Crippen LogP contribution in [0.2, 0.25) is 0 Å². The van der Waals surface area contributed by atoms with Gasteiger partial charge in [0.05, 0.1) is 20.3 Å². The zero-order valence-corrected chi connectivity index (χ0v) is 15.6. The minimum absolute atomic E-state index is 0.0329. The molecule has 2 aromatic carbocycles. The minimum atomic E-state index is 0.0329. The lowest BCUT2D eigenvalue weighted by atomic mass is 10.0. The highest BCUT2D eigenvalue weighted by atomic mass is 16.5. The predicted octanol–water partition coefficient (Wildman–Crippen LogP) is 4.39. The second kappa shape index (κ2) is 8.09. The number of aryl methyl sites for hydroxylation is 1. The average molecular weight is 351 g/mol. The molecule has 4 nitrogen and oxygen atoms in total. The van der Waals surface area contributed by atoms with Crippen LogP contribution in [-0.4, -0.2) is 31.6 Å². The van der Waals surface area contributed by atoms with Crippen LogP contribution >= 0.6 is 0 Å². The molecule has 0 aromatic heterocycles. The standard InChI is InChI=1S/C22H25NO3/c1-16-6-4-7-17(14-16)9-12-22(24)23-13-5-8-20(23)19-11-10-18(25-2)15-21(19)26-3/h4,6-7,9-12,14-15,20H,5,8,13H2,1-3H3/b12-9+/t20-/m1/s1. The number of rotatable bonds is 5. The summed E-state index contributed by atoms with van der Waals surface area (Å²) < 4.78 is 10.8. The maximum atomic E-state index is 12.8. The van der Waals surface area contributed by atoms with Crippen LogP contribution in [0, 0.1) is 6.92 Å². The number of carbonyl (C=O) groups excluding carboxylic acids is 1. The van der Waals surface area contributed by atoms with E-state index in [-0.39, 0.29) is 11.9 Å². The van der Waals surface area contributed by atoms with Crippen LogP contribution in [0.1, 0.15) is 35.6 Å². The summed E-state index contributed by atoms with van der Waals surface area (Å²) in [6.45, 7) is 2.81. The molecule has 1 amide bonds. The van der Waals surface area contributed by atoms with Gasteiger partial charge in [-0.25, -0.2) is 0 Å². The average Bonchev–Trinajstić information content (AvgIpc) is 3.15. The van der Waals surface area contributed by atoms with Crippen molar-refractivity contribution in [3.8, 4) is 11.5 Å². The van der Waals surface area contributed by atoms with E-state index in [9.17, 15) is 4.79 Å². The number of amides is 1. The summed E-state index contributed by atoms with van der Waals surface area (Å²) in [6.07, 6.45) is 5.48. The summed E-state index contributed by atoms with van der Waals surface area (Å²) in [6, 6.07) is 13.9. The number of likely N-dealkylation sites (tertiary alicyclic amines) is 1. The number of methoxy groups -OCH3 is 2. The van der Waals surface area contributed by atoms with Crippen molar-refractivity contribution >= 4 is 12.0 Å². The summed E-state index contributed by atoms with van der Waals surface area (Å²) in [5.41, 5.74) is 3.25. The normalized spacial score (nSPS) is 16.9. The van der Waals surface area contributed by atoms with Gasteiger partial charge < -0.3 is 14.4 Å². The number of ether oxygens (including phenoxy) is 2. The van der Waals surface area contributed by atoms with Gasteiger partial charge in [0.1, 0.15) is 11.5 Å². The highest BCUT2D eigenvalue weighted by Gasteiger charge is 2.30. The van der Waals surface area contributed by atoms with Crippen molar-refractivity contribution in [3.05, 3.63) is 65.2 Å². The molecule has 1 fully saturated rings. The lowest BCUT2D eigenvalue weighted by molar-refractivity contribution is -0.126. The van der Waals surface area contributed by atoms with Crippen LogP contribution in [0.3, 0.4) is 0 Å². The quantitative estimate of drug-likeness (QED) is 0.750. The third-order valence-electron chi connectivity index (χ3n) is 4.80. The molecule has 0 unspecified atom stereocenters. The van der Waals surface area contributed by atoms with Crippen LogP contribution < -0.4 is 9.47 Å². The zero-order chi connectivity index (χ0) is 18.5. The highest BCUT2D eigenvalue weighted by Crippen LogP contribution is 2.38. The van der Waals surface area contributed by atoms with E-state index in [0.29, 0.717) is 0 Å². The van der Waals surface area contributed by atoms with Gasteiger partial charge in [-0.15, -0.1) is 0 Å². The van der Waals surface area contributed by atoms with Crippen molar-refractivity contribution in [1.29, 1.82) is 0 Å². The van der Waals surface area contributed by atoms with E-state index in [2.05, 4.69) is 6.07 Å². The number of nitrogens with zero attached hydrogens (tertiary/aromatic N) is 1. The fourth-order valence-electron chi connectivity index (χ4n) is 3.48. The molecule has 1 heterocycles. The molecule has 4 heteroatoms.